The summed E-state index contributed by atoms with van der Waals surface area (Å²) in [5.41, 5.74) is 2.44. The maximum Gasteiger partial charge on any atom is 0.181 e. The van der Waals surface area contributed by atoms with Gasteiger partial charge < -0.3 is 4.98 Å². The van der Waals surface area contributed by atoms with Crippen LogP contribution in [0.25, 0.3) is 11.2 Å². The van der Waals surface area contributed by atoms with Crippen LogP contribution in [-0.2, 0) is 5.75 Å². The van der Waals surface area contributed by atoms with Gasteiger partial charge in [0.1, 0.15) is 22.0 Å². The number of halogens is 1. The molecule has 0 bridgehead atoms. The molecule has 1 N–H and O–H groups in total. The van der Waals surface area contributed by atoms with Gasteiger partial charge in [-0.1, -0.05) is 29.4 Å². The highest BCUT2D eigenvalue weighted by molar-refractivity contribution is 7.98. The molecule has 0 amide bonds. The summed E-state index contributed by atoms with van der Waals surface area (Å²) in [7, 11) is 0. The van der Waals surface area contributed by atoms with E-state index < -0.39 is 0 Å². The van der Waals surface area contributed by atoms with Crippen molar-refractivity contribution >= 4 is 34.5 Å². The average molecular weight is 278 g/mol. The fourth-order valence-corrected chi connectivity index (χ4v) is 2.57. The molecule has 0 aliphatic carbocycles. The fourth-order valence-electron chi connectivity index (χ4n) is 1.53. The van der Waals surface area contributed by atoms with E-state index in [1.807, 2.05) is 12.1 Å². The molecule has 3 rings (SSSR count). The van der Waals surface area contributed by atoms with Gasteiger partial charge in [-0.05, 0) is 12.1 Å². The molecular weight excluding hydrogens is 270 g/mol. The first-order valence-corrected chi connectivity index (χ1v) is 6.57. The van der Waals surface area contributed by atoms with E-state index in [1.165, 1.54) is 6.33 Å². The largest absolute Gasteiger partial charge is 0.341 e. The number of nitrogens with zero attached hydrogens (tertiary/aromatic N) is 4. The number of thioether (sulfide) groups is 1. The Labute approximate surface area is 112 Å². The molecule has 0 fully saturated rings. The van der Waals surface area contributed by atoms with Crippen LogP contribution in [0.3, 0.4) is 0 Å². The van der Waals surface area contributed by atoms with Crippen molar-refractivity contribution in [1.29, 1.82) is 0 Å². The Morgan fingerprint density at radius 2 is 2.17 bits per heavy atom. The molecule has 0 radical (unpaired) electrons. The molecule has 3 aromatic heterocycles. The first-order chi connectivity index (χ1) is 8.83. The molecule has 0 saturated carbocycles. The molecule has 0 saturated heterocycles. The normalized spacial score (nSPS) is 10.9. The van der Waals surface area contributed by atoms with Gasteiger partial charge in [0, 0.05) is 5.75 Å². The Bertz CT molecular complexity index is 684. The van der Waals surface area contributed by atoms with E-state index in [9.17, 15) is 0 Å². The molecule has 18 heavy (non-hydrogen) atoms. The summed E-state index contributed by atoms with van der Waals surface area (Å²) in [6.07, 6.45) is 3.12. The lowest BCUT2D eigenvalue weighted by Crippen LogP contribution is -1.89. The second-order valence-corrected chi connectivity index (χ2v) is 4.87. The van der Waals surface area contributed by atoms with Crippen molar-refractivity contribution < 1.29 is 0 Å². The predicted octanol–water partition coefficient (Wildman–Crippen LogP) is 2.69. The van der Waals surface area contributed by atoms with E-state index >= 15 is 0 Å². The van der Waals surface area contributed by atoms with Crippen molar-refractivity contribution in [2.75, 3.05) is 0 Å². The summed E-state index contributed by atoms with van der Waals surface area (Å²) in [5.74, 6) is 0.700. The van der Waals surface area contributed by atoms with Crippen LogP contribution in [0.4, 0.5) is 0 Å². The third kappa shape index (κ3) is 2.30. The van der Waals surface area contributed by atoms with E-state index in [-0.39, 0.29) is 0 Å². The van der Waals surface area contributed by atoms with Crippen molar-refractivity contribution in [3.8, 4) is 0 Å². The maximum atomic E-state index is 5.84. The summed E-state index contributed by atoms with van der Waals surface area (Å²) in [5, 5.41) is 1.36. The van der Waals surface area contributed by atoms with E-state index in [1.54, 1.807) is 24.2 Å². The van der Waals surface area contributed by atoms with Gasteiger partial charge >= 0.3 is 0 Å². The SMILES string of the molecule is Clc1cccc(CSc2ncnc3nc[nH]c23)n1. The lowest BCUT2D eigenvalue weighted by molar-refractivity contribution is 1.08. The summed E-state index contributed by atoms with van der Waals surface area (Å²) < 4.78 is 0. The molecule has 0 atom stereocenters. The Hall–Kier alpha value is -1.66. The first kappa shape index (κ1) is 11.4. The molecule has 3 aromatic rings. The standard InChI is InChI=1S/C11H8ClN5S/c12-8-3-1-2-7(17-8)4-18-11-9-10(14-5-13-9)15-6-16-11/h1-3,5-6H,4H2,(H,13,14,15,16). The third-order valence-electron chi connectivity index (χ3n) is 2.32. The highest BCUT2D eigenvalue weighted by Crippen LogP contribution is 2.25. The van der Waals surface area contributed by atoms with Crippen LogP contribution in [0, 0.1) is 0 Å². The van der Waals surface area contributed by atoms with Crippen LogP contribution in [-0.4, -0.2) is 24.9 Å². The van der Waals surface area contributed by atoms with Gasteiger partial charge in [0.15, 0.2) is 5.65 Å². The summed E-state index contributed by atoms with van der Waals surface area (Å²) in [6, 6.07) is 5.58. The van der Waals surface area contributed by atoms with Crippen LogP contribution in [0.2, 0.25) is 5.15 Å². The van der Waals surface area contributed by atoms with Crippen molar-refractivity contribution in [2.24, 2.45) is 0 Å². The summed E-state index contributed by atoms with van der Waals surface area (Å²) >= 11 is 7.41. The maximum absolute atomic E-state index is 5.84. The van der Waals surface area contributed by atoms with E-state index in [0.717, 1.165) is 16.2 Å². The molecule has 0 unspecified atom stereocenters. The average Bonchev–Trinajstić information content (AvgIpc) is 2.85. The van der Waals surface area contributed by atoms with Crippen LogP contribution >= 0.6 is 23.4 Å². The zero-order valence-electron chi connectivity index (χ0n) is 9.17. The highest BCUT2D eigenvalue weighted by Gasteiger charge is 2.07. The van der Waals surface area contributed by atoms with Gasteiger partial charge in [-0.25, -0.2) is 19.9 Å². The van der Waals surface area contributed by atoms with Gasteiger partial charge in [-0.15, -0.1) is 0 Å². The first-order valence-electron chi connectivity index (χ1n) is 5.21. The van der Waals surface area contributed by atoms with Crippen molar-refractivity contribution in [3.63, 3.8) is 0 Å². The van der Waals surface area contributed by atoms with E-state index in [2.05, 4.69) is 24.9 Å². The Kier molecular flexibility index (Phi) is 3.12. The third-order valence-corrected chi connectivity index (χ3v) is 3.55. The van der Waals surface area contributed by atoms with E-state index in [0.29, 0.717) is 16.6 Å². The second-order valence-electron chi connectivity index (χ2n) is 3.52. The smallest absolute Gasteiger partial charge is 0.181 e. The summed E-state index contributed by atoms with van der Waals surface area (Å²) in [4.78, 5) is 19.7. The Morgan fingerprint density at radius 3 is 3.06 bits per heavy atom. The monoisotopic (exact) mass is 277 g/mol. The van der Waals surface area contributed by atoms with Crippen LogP contribution < -0.4 is 0 Å². The lowest BCUT2D eigenvalue weighted by Gasteiger charge is -2.01. The number of imidazole rings is 1. The molecular formula is C11H8ClN5S. The number of nitrogens with one attached hydrogen (secondary N) is 1. The predicted molar refractivity (Wildman–Crippen MR) is 70.5 cm³/mol. The number of H-pyrrole nitrogens is 1. The van der Waals surface area contributed by atoms with E-state index in [4.69, 9.17) is 11.6 Å². The molecule has 7 heteroatoms. The number of hydrogen-bond acceptors (Lipinski definition) is 5. The van der Waals surface area contributed by atoms with Crippen LogP contribution in [0.15, 0.2) is 35.9 Å². The lowest BCUT2D eigenvalue weighted by atomic mass is 10.4. The number of pyridine rings is 1. The number of rotatable bonds is 3. The van der Waals surface area contributed by atoms with Crippen molar-refractivity contribution in [3.05, 3.63) is 41.7 Å². The van der Waals surface area contributed by atoms with Crippen LogP contribution in [0.5, 0.6) is 0 Å². The Balaban J connectivity index is 1.83. The highest BCUT2D eigenvalue weighted by atomic mass is 35.5. The molecule has 0 aliphatic rings. The minimum absolute atomic E-state index is 0.502. The minimum Gasteiger partial charge on any atom is -0.341 e. The second kappa shape index (κ2) is 4.91. The Morgan fingerprint density at radius 1 is 1.22 bits per heavy atom. The molecule has 3 heterocycles. The van der Waals surface area contributed by atoms with Crippen molar-refractivity contribution in [1.82, 2.24) is 24.9 Å². The fraction of sp³-hybridized carbons (Fsp3) is 0.0909. The molecule has 0 aromatic carbocycles. The molecule has 5 nitrogen and oxygen atoms in total. The quantitative estimate of drug-likeness (QED) is 0.453. The van der Waals surface area contributed by atoms with Crippen molar-refractivity contribution in [2.45, 2.75) is 10.8 Å². The topological polar surface area (TPSA) is 67.3 Å². The van der Waals surface area contributed by atoms with Gasteiger partial charge in [0.05, 0.1) is 12.0 Å². The molecule has 0 spiro atoms. The minimum atomic E-state index is 0.502. The van der Waals surface area contributed by atoms with Gasteiger partial charge in [0.25, 0.3) is 0 Å². The molecule has 90 valence electrons. The van der Waals surface area contributed by atoms with Gasteiger partial charge in [0.2, 0.25) is 0 Å². The number of aromatic amines is 1. The zero-order valence-corrected chi connectivity index (χ0v) is 10.7. The number of aromatic nitrogens is 5. The summed E-state index contributed by atoms with van der Waals surface area (Å²) in [6.45, 7) is 0. The van der Waals surface area contributed by atoms with Gasteiger partial charge in [-0.3, -0.25) is 0 Å². The zero-order chi connectivity index (χ0) is 12.4. The molecule has 0 aliphatic heterocycles. The number of fused-ring (bicyclic) bond motifs is 1. The number of hydrogen-bond donors (Lipinski definition) is 1. The van der Waals surface area contributed by atoms with Gasteiger partial charge in [-0.2, -0.15) is 0 Å². The van der Waals surface area contributed by atoms with Crippen LogP contribution in [0.1, 0.15) is 5.69 Å².